The average Bonchev–Trinajstić information content (AvgIpc) is 2.65. The van der Waals surface area contributed by atoms with Crippen molar-refractivity contribution >= 4 is 29.0 Å². The monoisotopic (exact) mass is 350 g/mol. The lowest BCUT2D eigenvalue weighted by atomic mass is 10.1. The first kappa shape index (κ1) is 17.3. The van der Waals surface area contributed by atoms with E-state index in [4.69, 9.17) is 5.73 Å². The van der Waals surface area contributed by atoms with Crippen LogP contribution in [0.15, 0.2) is 70.8 Å². The van der Waals surface area contributed by atoms with Crippen molar-refractivity contribution in [1.82, 2.24) is 9.97 Å². The number of nitrogens with zero attached hydrogens (tertiary/aromatic N) is 2. The molecule has 3 rings (SSSR count). The van der Waals surface area contributed by atoms with Crippen molar-refractivity contribution < 1.29 is 0 Å². The third-order valence-corrected chi connectivity index (χ3v) is 4.87. The first-order chi connectivity index (χ1) is 12.3. The molecule has 5 heteroatoms. The summed E-state index contributed by atoms with van der Waals surface area (Å²) < 4.78 is 0. The van der Waals surface area contributed by atoms with Crippen molar-refractivity contribution in [3.63, 3.8) is 0 Å². The first-order valence-corrected chi connectivity index (χ1v) is 9.27. The maximum atomic E-state index is 6.27. The maximum Gasteiger partial charge on any atom is 0.158 e. The fourth-order valence-corrected chi connectivity index (χ4v) is 3.26. The Labute approximate surface area is 152 Å². The second kappa shape index (κ2) is 8.53. The third kappa shape index (κ3) is 4.73. The Kier molecular flexibility index (Phi) is 5.90. The van der Waals surface area contributed by atoms with Gasteiger partial charge in [0.05, 0.1) is 0 Å². The van der Waals surface area contributed by atoms with Gasteiger partial charge >= 0.3 is 0 Å². The number of aromatic nitrogens is 2. The van der Waals surface area contributed by atoms with Crippen LogP contribution in [0.1, 0.15) is 25.3 Å². The molecule has 0 radical (unpaired) electrons. The largest absolute Gasteiger partial charge is 0.394 e. The Morgan fingerprint density at radius 2 is 1.76 bits per heavy atom. The molecule has 2 aromatic carbocycles. The van der Waals surface area contributed by atoms with Gasteiger partial charge in [-0.1, -0.05) is 55.4 Å². The second-order valence-corrected chi connectivity index (χ2v) is 6.84. The number of nitrogen functional groups attached to an aromatic ring is 1. The molecule has 0 atom stereocenters. The summed E-state index contributed by atoms with van der Waals surface area (Å²) in [5.41, 5.74) is 9.15. The number of benzene rings is 2. The van der Waals surface area contributed by atoms with Crippen LogP contribution in [0.25, 0.3) is 0 Å². The predicted molar refractivity (Wildman–Crippen MR) is 105 cm³/mol. The second-order valence-electron chi connectivity index (χ2n) is 5.78. The molecule has 0 aliphatic heterocycles. The van der Waals surface area contributed by atoms with Crippen molar-refractivity contribution in [2.24, 2.45) is 0 Å². The van der Waals surface area contributed by atoms with Crippen molar-refractivity contribution in [2.75, 3.05) is 11.1 Å². The van der Waals surface area contributed by atoms with Crippen LogP contribution in [0.3, 0.4) is 0 Å². The van der Waals surface area contributed by atoms with Gasteiger partial charge in [0.15, 0.2) is 5.82 Å². The Morgan fingerprint density at radius 3 is 2.48 bits per heavy atom. The molecule has 25 heavy (non-hydrogen) atoms. The van der Waals surface area contributed by atoms with Crippen molar-refractivity contribution in [2.45, 2.75) is 36.1 Å². The van der Waals surface area contributed by atoms with Gasteiger partial charge in [0, 0.05) is 10.6 Å². The molecule has 0 unspecified atom stereocenters. The van der Waals surface area contributed by atoms with Crippen molar-refractivity contribution in [3.05, 3.63) is 66.5 Å². The molecular formula is C20H22N4S. The molecule has 1 heterocycles. The Hall–Kier alpha value is -2.53. The molecular weight excluding hydrogens is 328 g/mol. The molecule has 0 aliphatic carbocycles. The van der Waals surface area contributed by atoms with E-state index >= 15 is 0 Å². The highest BCUT2D eigenvalue weighted by molar-refractivity contribution is 7.99. The summed E-state index contributed by atoms with van der Waals surface area (Å²) in [6, 6.07) is 18.5. The number of aryl methyl sites for hydroxylation is 1. The Morgan fingerprint density at radius 1 is 1.00 bits per heavy atom. The van der Waals surface area contributed by atoms with Gasteiger partial charge in [-0.15, -0.1) is 0 Å². The van der Waals surface area contributed by atoms with Crippen LogP contribution in [0.2, 0.25) is 0 Å². The molecule has 0 fully saturated rings. The van der Waals surface area contributed by atoms with Gasteiger partial charge in [-0.25, -0.2) is 9.97 Å². The van der Waals surface area contributed by atoms with E-state index in [0.29, 0.717) is 11.5 Å². The highest BCUT2D eigenvalue weighted by Crippen LogP contribution is 2.33. The lowest BCUT2D eigenvalue weighted by Crippen LogP contribution is -2.02. The number of unbranched alkanes of at least 4 members (excludes halogenated alkanes) is 1. The molecule has 3 aromatic rings. The summed E-state index contributed by atoms with van der Waals surface area (Å²) in [6.07, 6.45) is 5.08. The van der Waals surface area contributed by atoms with E-state index in [1.165, 1.54) is 30.2 Å². The van der Waals surface area contributed by atoms with Crippen LogP contribution in [0.4, 0.5) is 17.2 Å². The van der Waals surface area contributed by atoms with E-state index in [1.807, 2.05) is 30.3 Å². The minimum atomic E-state index is 0.561. The van der Waals surface area contributed by atoms with E-state index in [0.717, 1.165) is 22.0 Å². The van der Waals surface area contributed by atoms with E-state index in [2.05, 4.69) is 46.5 Å². The minimum Gasteiger partial charge on any atom is -0.394 e. The Balaban J connectivity index is 1.73. The van der Waals surface area contributed by atoms with Crippen LogP contribution in [0, 0.1) is 0 Å². The summed E-state index contributed by atoms with van der Waals surface area (Å²) in [6.45, 7) is 2.21. The van der Waals surface area contributed by atoms with Crippen LogP contribution in [-0.2, 0) is 6.42 Å². The molecule has 4 nitrogen and oxygen atoms in total. The number of rotatable bonds is 7. The number of hydrogen-bond acceptors (Lipinski definition) is 5. The van der Waals surface area contributed by atoms with Crippen LogP contribution >= 0.6 is 11.8 Å². The molecule has 0 spiro atoms. The predicted octanol–water partition coefficient (Wildman–Crippen LogP) is 5.30. The highest BCUT2D eigenvalue weighted by atomic mass is 32.2. The van der Waals surface area contributed by atoms with E-state index in [1.54, 1.807) is 6.33 Å². The van der Waals surface area contributed by atoms with Gasteiger partial charge in [0.1, 0.15) is 17.0 Å². The zero-order valence-electron chi connectivity index (χ0n) is 14.3. The summed E-state index contributed by atoms with van der Waals surface area (Å²) in [5, 5.41) is 4.05. The Bertz CT molecular complexity index is 804. The average molecular weight is 350 g/mol. The minimum absolute atomic E-state index is 0.561. The highest BCUT2D eigenvalue weighted by Gasteiger charge is 2.10. The number of hydrogen-bond donors (Lipinski definition) is 2. The molecule has 128 valence electrons. The van der Waals surface area contributed by atoms with E-state index in [9.17, 15) is 0 Å². The number of nitrogens with one attached hydrogen (secondary N) is 1. The van der Waals surface area contributed by atoms with Crippen molar-refractivity contribution in [3.8, 4) is 0 Å². The molecule has 0 bridgehead atoms. The summed E-state index contributed by atoms with van der Waals surface area (Å²) in [5.74, 6) is 0.634. The standard InChI is InChI=1S/C20H22N4S/c1-2-3-7-15-10-12-16(13-11-15)24-19-18(21)20(23-14-22-19)25-17-8-5-4-6-9-17/h4-6,8-14H,2-3,7,21H2,1H3,(H,22,23,24). The molecule has 0 saturated heterocycles. The lowest BCUT2D eigenvalue weighted by molar-refractivity contribution is 0.795. The summed E-state index contributed by atoms with van der Waals surface area (Å²) in [7, 11) is 0. The summed E-state index contributed by atoms with van der Waals surface area (Å²) in [4.78, 5) is 9.69. The van der Waals surface area contributed by atoms with E-state index in [-0.39, 0.29) is 0 Å². The van der Waals surface area contributed by atoms with Gasteiger partial charge in [0.2, 0.25) is 0 Å². The number of anilines is 3. The topological polar surface area (TPSA) is 63.8 Å². The molecule has 3 N–H and O–H groups in total. The van der Waals surface area contributed by atoms with E-state index < -0.39 is 0 Å². The maximum absolute atomic E-state index is 6.27. The third-order valence-electron chi connectivity index (χ3n) is 3.84. The summed E-state index contributed by atoms with van der Waals surface area (Å²) >= 11 is 1.53. The van der Waals surface area contributed by atoms with Gasteiger partial charge in [-0.05, 0) is 42.7 Å². The smallest absolute Gasteiger partial charge is 0.158 e. The zero-order chi connectivity index (χ0) is 17.5. The van der Waals surface area contributed by atoms with Gasteiger partial charge in [-0.2, -0.15) is 0 Å². The molecule has 0 saturated carbocycles. The van der Waals surface area contributed by atoms with Gasteiger partial charge < -0.3 is 11.1 Å². The lowest BCUT2D eigenvalue weighted by Gasteiger charge is -2.11. The molecule has 1 aromatic heterocycles. The molecule has 0 amide bonds. The number of nitrogens with two attached hydrogens (primary N) is 1. The quantitative estimate of drug-likeness (QED) is 0.566. The van der Waals surface area contributed by atoms with Crippen molar-refractivity contribution in [1.29, 1.82) is 0 Å². The van der Waals surface area contributed by atoms with Crippen LogP contribution < -0.4 is 11.1 Å². The zero-order valence-corrected chi connectivity index (χ0v) is 15.1. The van der Waals surface area contributed by atoms with Crippen LogP contribution in [0.5, 0.6) is 0 Å². The van der Waals surface area contributed by atoms with Crippen LogP contribution in [-0.4, -0.2) is 9.97 Å². The fraction of sp³-hybridized carbons (Fsp3) is 0.200. The van der Waals surface area contributed by atoms with Gasteiger partial charge in [0.25, 0.3) is 0 Å². The molecule has 0 aliphatic rings. The SMILES string of the molecule is CCCCc1ccc(Nc2ncnc(Sc3ccccc3)c2N)cc1. The van der Waals surface area contributed by atoms with Gasteiger partial charge in [-0.3, -0.25) is 0 Å². The first-order valence-electron chi connectivity index (χ1n) is 8.45. The fourth-order valence-electron chi connectivity index (χ4n) is 2.43. The normalized spacial score (nSPS) is 10.6.